The molecule has 0 saturated carbocycles. The number of para-hydroxylation sites is 2. The number of ketones is 2. The summed E-state index contributed by atoms with van der Waals surface area (Å²) in [6.45, 7) is 0.0686. The number of Topliss-reactive ketones (excluding diaryl/α,β-unsaturated/α-hetero) is 2. The van der Waals surface area contributed by atoms with E-state index in [-0.39, 0.29) is 24.3 Å². The Morgan fingerprint density at radius 3 is 2.56 bits per heavy atom. The highest BCUT2D eigenvalue weighted by Gasteiger charge is 2.71. The van der Waals surface area contributed by atoms with Gasteiger partial charge in [-0.2, -0.15) is 0 Å². The normalized spacial score (nSPS) is 23.9. The van der Waals surface area contributed by atoms with Crippen molar-refractivity contribution < 1.29 is 28.6 Å². The van der Waals surface area contributed by atoms with Gasteiger partial charge in [0.15, 0.2) is 23.1 Å². The molecule has 4 aromatic carbocycles. The molecular formula is C35H26N2O6. The number of nitrogens with zero attached hydrogens (tertiary/aromatic N) is 1. The molecule has 8 nitrogen and oxygen atoms in total. The number of hydrogen-bond donors (Lipinski definition) is 1. The zero-order valence-electron chi connectivity index (χ0n) is 23.2. The fourth-order valence-electron chi connectivity index (χ4n) is 7.40. The number of anilines is 1. The number of carbonyl (C=O) groups is 3. The van der Waals surface area contributed by atoms with Gasteiger partial charge in [0.1, 0.15) is 17.2 Å². The van der Waals surface area contributed by atoms with Gasteiger partial charge < -0.3 is 24.4 Å². The SMILES string of the molecule is COc1ccccc1C(=O)C1C(C(=O)c2ccc3c(c2)OCO3)N2C=Cc3ccccc3C2C12C(=O)Nc1ccccc12. The Labute approximate surface area is 247 Å². The Hall–Kier alpha value is -5.37. The van der Waals surface area contributed by atoms with Gasteiger partial charge >= 0.3 is 0 Å². The molecule has 1 saturated heterocycles. The van der Waals surface area contributed by atoms with Gasteiger partial charge in [0.05, 0.1) is 24.6 Å². The lowest BCUT2D eigenvalue weighted by Gasteiger charge is -2.38. The number of benzene rings is 4. The number of rotatable bonds is 5. The molecule has 1 amide bonds. The third-order valence-electron chi connectivity index (χ3n) is 9.15. The molecule has 4 aliphatic rings. The van der Waals surface area contributed by atoms with Crippen LogP contribution in [0.3, 0.4) is 0 Å². The summed E-state index contributed by atoms with van der Waals surface area (Å²) >= 11 is 0. The van der Waals surface area contributed by atoms with Crippen molar-refractivity contribution in [3.05, 3.63) is 125 Å². The van der Waals surface area contributed by atoms with Gasteiger partial charge in [-0.1, -0.05) is 54.6 Å². The molecule has 4 unspecified atom stereocenters. The second kappa shape index (κ2) is 9.32. The molecule has 1 fully saturated rings. The zero-order chi connectivity index (χ0) is 29.3. The number of methoxy groups -OCH3 is 1. The summed E-state index contributed by atoms with van der Waals surface area (Å²) in [6.07, 6.45) is 3.79. The van der Waals surface area contributed by atoms with E-state index in [2.05, 4.69) is 5.32 Å². The molecule has 1 N–H and O–H groups in total. The smallest absolute Gasteiger partial charge is 0.238 e. The van der Waals surface area contributed by atoms with Crippen molar-refractivity contribution >= 4 is 29.2 Å². The lowest BCUT2D eigenvalue weighted by molar-refractivity contribution is -0.122. The highest BCUT2D eigenvalue weighted by molar-refractivity contribution is 6.17. The van der Waals surface area contributed by atoms with Gasteiger partial charge in [0.2, 0.25) is 12.7 Å². The molecule has 1 spiro atoms. The maximum Gasteiger partial charge on any atom is 0.238 e. The van der Waals surface area contributed by atoms with Gasteiger partial charge in [0.25, 0.3) is 0 Å². The van der Waals surface area contributed by atoms with Gasteiger partial charge in [-0.25, -0.2) is 0 Å². The quantitative estimate of drug-likeness (QED) is 0.321. The summed E-state index contributed by atoms with van der Waals surface area (Å²) in [6, 6.07) is 25.6. The minimum Gasteiger partial charge on any atom is -0.496 e. The number of carbonyl (C=O) groups excluding carboxylic acids is 3. The van der Waals surface area contributed by atoms with E-state index >= 15 is 4.79 Å². The molecule has 4 atom stereocenters. The maximum atomic E-state index is 15.0. The molecule has 4 aromatic rings. The third kappa shape index (κ3) is 3.40. The van der Waals surface area contributed by atoms with Crippen LogP contribution in [0.2, 0.25) is 0 Å². The van der Waals surface area contributed by atoms with Crippen molar-refractivity contribution in [2.75, 3.05) is 19.2 Å². The molecule has 0 aliphatic carbocycles. The van der Waals surface area contributed by atoms with Crippen LogP contribution in [0.1, 0.15) is 43.4 Å². The van der Waals surface area contributed by atoms with E-state index < -0.39 is 23.4 Å². The topological polar surface area (TPSA) is 94.2 Å². The molecule has 4 aliphatic heterocycles. The summed E-state index contributed by atoms with van der Waals surface area (Å²) in [4.78, 5) is 46.3. The summed E-state index contributed by atoms with van der Waals surface area (Å²) in [7, 11) is 1.51. The molecule has 0 aromatic heterocycles. The summed E-state index contributed by atoms with van der Waals surface area (Å²) in [5.41, 5.74) is 2.37. The van der Waals surface area contributed by atoms with Crippen molar-refractivity contribution in [1.82, 2.24) is 4.90 Å². The Kier molecular flexibility index (Phi) is 5.50. The first-order valence-electron chi connectivity index (χ1n) is 14.1. The minimum absolute atomic E-state index is 0.0686. The number of nitrogens with one attached hydrogen (secondary N) is 1. The molecule has 43 heavy (non-hydrogen) atoms. The van der Waals surface area contributed by atoms with E-state index in [1.54, 1.807) is 42.5 Å². The van der Waals surface area contributed by atoms with Gasteiger partial charge in [-0.15, -0.1) is 0 Å². The molecule has 8 rings (SSSR count). The second-order valence-corrected chi connectivity index (χ2v) is 11.1. The van der Waals surface area contributed by atoms with Crippen LogP contribution in [-0.2, 0) is 10.2 Å². The monoisotopic (exact) mass is 570 g/mol. The van der Waals surface area contributed by atoms with Crippen LogP contribution in [0, 0.1) is 5.92 Å². The zero-order valence-corrected chi connectivity index (χ0v) is 23.2. The number of fused-ring (bicyclic) bond motifs is 7. The molecule has 212 valence electrons. The predicted octanol–water partition coefficient (Wildman–Crippen LogP) is 5.41. The Morgan fingerprint density at radius 2 is 1.67 bits per heavy atom. The van der Waals surface area contributed by atoms with E-state index in [0.29, 0.717) is 39.6 Å². The van der Waals surface area contributed by atoms with Crippen molar-refractivity contribution in [1.29, 1.82) is 0 Å². The maximum absolute atomic E-state index is 15.0. The van der Waals surface area contributed by atoms with Crippen LogP contribution >= 0.6 is 0 Å². The second-order valence-electron chi connectivity index (χ2n) is 11.1. The number of ether oxygens (including phenoxy) is 3. The summed E-state index contributed by atoms with van der Waals surface area (Å²) in [5.74, 6) is -0.668. The molecular weight excluding hydrogens is 544 g/mol. The van der Waals surface area contributed by atoms with Crippen LogP contribution in [0.25, 0.3) is 6.08 Å². The van der Waals surface area contributed by atoms with Gasteiger partial charge in [-0.05, 0) is 59.2 Å². The van der Waals surface area contributed by atoms with Crippen molar-refractivity contribution in [3.63, 3.8) is 0 Å². The largest absolute Gasteiger partial charge is 0.496 e. The standard InChI is InChI=1S/C35H26N2O6/c1-41-26-13-7-4-10-23(26)32(39)29-30(31(38)21-14-15-27-28(18-21)43-19-42-27)37-17-16-20-8-2-3-9-22(20)33(37)35(29)24-11-5-6-12-25(24)36-34(35)40/h2-18,29-30,33H,19H2,1H3,(H,36,40). The minimum atomic E-state index is -1.42. The number of hydrogen-bond acceptors (Lipinski definition) is 7. The molecule has 4 heterocycles. The Morgan fingerprint density at radius 1 is 0.907 bits per heavy atom. The lowest BCUT2D eigenvalue weighted by Crippen LogP contribution is -2.49. The lowest BCUT2D eigenvalue weighted by atomic mass is 9.62. The fraction of sp³-hybridized carbons (Fsp3) is 0.171. The van der Waals surface area contributed by atoms with Crippen LogP contribution in [-0.4, -0.2) is 42.3 Å². The molecule has 0 bridgehead atoms. The highest BCUT2D eigenvalue weighted by Crippen LogP contribution is 2.62. The van der Waals surface area contributed by atoms with E-state index in [1.807, 2.05) is 65.7 Å². The van der Waals surface area contributed by atoms with Crippen LogP contribution in [0.4, 0.5) is 5.69 Å². The van der Waals surface area contributed by atoms with Crippen molar-refractivity contribution in [2.45, 2.75) is 17.5 Å². The average molecular weight is 571 g/mol. The first-order chi connectivity index (χ1) is 21.0. The van der Waals surface area contributed by atoms with Crippen LogP contribution in [0.15, 0.2) is 97.2 Å². The summed E-state index contributed by atoms with van der Waals surface area (Å²) < 4.78 is 16.7. The van der Waals surface area contributed by atoms with E-state index in [0.717, 1.165) is 11.1 Å². The van der Waals surface area contributed by atoms with Gasteiger partial charge in [-0.3, -0.25) is 14.4 Å². The highest BCUT2D eigenvalue weighted by atomic mass is 16.7. The average Bonchev–Trinajstić information content (AvgIpc) is 3.73. The van der Waals surface area contributed by atoms with E-state index in [1.165, 1.54) is 7.11 Å². The Balaban J connectivity index is 1.42. The predicted molar refractivity (Wildman–Crippen MR) is 158 cm³/mol. The molecule has 0 radical (unpaired) electrons. The Bertz CT molecular complexity index is 1880. The van der Waals surface area contributed by atoms with E-state index in [4.69, 9.17) is 14.2 Å². The third-order valence-corrected chi connectivity index (χ3v) is 9.15. The van der Waals surface area contributed by atoms with Crippen LogP contribution < -0.4 is 19.5 Å². The van der Waals surface area contributed by atoms with E-state index in [9.17, 15) is 9.59 Å². The molecule has 8 heteroatoms. The number of amides is 1. The van der Waals surface area contributed by atoms with Crippen LogP contribution in [0.5, 0.6) is 17.2 Å². The van der Waals surface area contributed by atoms with Crippen molar-refractivity contribution in [2.24, 2.45) is 5.92 Å². The summed E-state index contributed by atoms with van der Waals surface area (Å²) in [5, 5.41) is 3.07. The fourth-order valence-corrected chi connectivity index (χ4v) is 7.40. The van der Waals surface area contributed by atoms with Crippen molar-refractivity contribution in [3.8, 4) is 17.2 Å². The first-order valence-corrected chi connectivity index (χ1v) is 14.1. The van der Waals surface area contributed by atoms with Gasteiger partial charge in [0, 0.05) is 17.5 Å². The first kappa shape index (κ1) is 25.3.